The maximum Gasteiger partial charge on any atom is 0.261 e. The highest BCUT2D eigenvalue weighted by atomic mass is 16.5. The number of nitrogens with zero attached hydrogens (tertiary/aromatic N) is 2. The molecule has 22 heavy (non-hydrogen) atoms. The molecule has 2 heterocycles. The predicted molar refractivity (Wildman–Crippen MR) is 82.8 cm³/mol. The molecule has 0 bridgehead atoms. The van der Waals surface area contributed by atoms with Crippen LogP contribution in [0.4, 0.5) is 5.69 Å². The highest BCUT2D eigenvalue weighted by molar-refractivity contribution is 6.05. The highest BCUT2D eigenvalue weighted by Crippen LogP contribution is 2.20. The number of hydrogen-bond acceptors (Lipinski definition) is 4. The van der Waals surface area contributed by atoms with E-state index in [1.165, 1.54) is 7.11 Å². The van der Waals surface area contributed by atoms with Gasteiger partial charge in [0.1, 0.15) is 11.4 Å². The molecule has 6 nitrogen and oxygen atoms in total. The fraction of sp³-hybridized carbons (Fsp3) is 0.0625. The number of methoxy groups -OCH3 is 1. The Hall–Kier alpha value is -3.15. The average molecular weight is 294 g/mol. The number of aromatic nitrogens is 3. The maximum absolute atomic E-state index is 12.3. The van der Waals surface area contributed by atoms with E-state index in [4.69, 9.17) is 4.74 Å². The second kappa shape index (κ2) is 6.09. The number of anilines is 1. The zero-order chi connectivity index (χ0) is 15.4. The van der Waals surface area contributed by atoms with Crippen LogP contribution in [0.5, 0.6) is 5.88 Å². The van der Waals surface area contributed by atoms with Gasteiger partial charge in [0.2, 0.25) is 5.88 Å². The Balaban J connectivity index is 1.77. The lowest BCUT2D eigenvalue weighted by atomic mass is 10.2. The van der Waals surface area contributed by atoms with E-state index in [-0.39, 0.29) is 5.91 Å². The van der Waals surface area contributed by atoms with Gasteiger partial charge in [0.05, 0.1) is 7.11 Å². The monoisotopic (exact) mass is 294 g/mol. The maximum atomic E-state index is 12.3. The number of benzene rings is 1. The first kappa shape index (κ1) is 13.8. The third-order valence-corrected chi connectivity index (χ3v) is 3.12. The second-order valence-electron chi connectivity index (χ2n) is 4.53. The third kappa shape index (κ3) is 2.80. The van der Waals surface area contributed by atoms with Gasteiger partial charge in [-0.3, -0.25) is 4.79 Å². The normalized spacial score (nSPS) is 10.2. The number of rotatable bonds is 4. The Bertz CT molecular complexity index is 767. The SMILES string of the molecule is COc1ncccc1C(=O)Nc1ccc(-c2ncc[nH]2)cc1. The molecule has 0 aliphatic heterocycles. The molecule has 2 N–H and O–H groups in total. The molecule has 1 aromatic carbocycles. The summed E-state index contributed by atoms with van der Waals surface area (Å²) in [5.74, 6) is 0.815. The van der Waals surface area contributed by atoms with Crippen molar-refractivity contribution in [3.8, 4) is 17.3 Å². The number of nitrogens with one attached hydrogen (secondary N) is 2. The van der Waals surface area contributed by atoms with E-state index in [0.29, 0.717) is 17.1 Å². The summed E-state index contributed by atoms with van der Waals surface area (Å²) in [6.45, 7) is 0. The highest BCUT2D eigenvalue weighted by Gasteiger charge is 2.13. The second-order valence-corrected chi connectivity index (χ2v) is 4.53. The molecule has 0 radical (unpaired) electrons. The largest absolute Gasteiger partial charge is 0.480 e. The van der Waals surface area contributed by atoms with Gasteiger partial charge in [0, 0.05) is 29.8 Å². The first-order chi connectivity index (χ1) is 10.8. The molecule has 0 saturated carbocycles. The summed E-state index contributed by atoms with van der Waals surface area (Å²) in [6, 6.07) is 10.8. The van der Waals surface area contributed by atoms with E-state index in [2.05, 4.69) is 20.3 Å². The zero-order valence-electron chi connectivity index (χ0n) is 11.9. The molecule has 0 spiro atoms. The lowest BCUT2D eigenvalue weighted by Crippen LogP contribution is -2.13. The van der Waals surface area contributed by atoms with E-state index in [1.807, 2.05) is 24.3 Å². The lowest BCUT2D eigenvalue weighted by molar-refractivity contribution is 0.102. The van der Waals surface area contributed by atoms with Gasteiger partial charge in [-0.05, 0) is 36.4 Å². The lowest BCUT2D eigenvalue weighted by Gasteiger charge is -2.08. The van der Waals surface area contributed by atoms with Crippen molar-refractivity contribution in [1.29, 1.82) is 0 Å². The predicted octanol–water partition coefficient (Wildman–Crippen LogP) is 2.73. The first-order valence-corrected chi connectivity index (χ1v) is 6.68. The summed E-state index contributed by atoms with van der Waals surface area (Å²) in [4.78, 5) is 23.5. The van der Waals surface area contributed by atoms with Crippen molar-refractivity contribution in [1.82, 2.24) is 15.0 Å². The smallest absolute Gasteiger partial charge is 0.261 e. The molecule has 1 amide bonds. The quantitative estimate of drug-likeness (QED) is 0.775. The number of hydrogen-bond donors (Lipinski definition) is 2. The molecule has 0 fully saturated rings. The Morgan fingerprint density at radius 1 is 1.14 bits per heavy atom. The Labute approximate surface area is 127 Å². The molecule has 0 unspecified atom stereocenters. The summed E-state index contributed by atoms with van der Waals surface area (Å²) >= 11 is 0. The molecular weight excluding hydrogens is 280 g/mol. The average Bonchev–Trinajstić information content (AvgIpc) is 3.10. The van der Waals surface area contributed by atoms with E-state index < -0.39 is 0 Å². The summed E-state index contributed by atoms with van der Waals surface area (Å²) in [5, 5.41) is 2.82. The fourth-order valence-electron chi connectivity index (χ4n) is 2.06. The number of imidazole rings is 1. The molecule has 2 aromatic heterocycles. The number of carbonyl (C=O) groups is 1. The summed E-state index contributed by atoms with van der Waals surface area (Å²) in [7, 11) is 1.48. The van der Waals surface area contributed by atoms with Gasteiger partial charge in [-0.2, -0.15) is 0 Å². The molecule has 6 heteroatoms. The van der Waals surface area contributed by atoms with Crippen LogP contribution in [0, 0.1) is 0 Å². The molecule has 0 atom stereocenters. The van der Waals surface area contributed by atoms with Crippen LogP contribution in [0.1, 0.15) is 10.4 Å². The minimum Gasteiger partial charge on any atom is -0.480 e. The van der Waals surface area contributed by atoms with Crippen molar-refractivity contribution in [3.05, 3.63) is 60.6 Å². The molecular formula is C16H14N4O2. The number of aromatic amines is 1. The van der Waals surface area contributed by atoms with Crippen LogP contribution >= 0.6 is 0 Å². The Morgan fingerprint density at radius 2 is 1.95 bits per heavy atom. The Morgan fingerprint density at radius 3 is 2.64 bits per heavy atom. The van der Waals surface area contributed by atoms with Crippen LogP contribution in [-0.2, 0) is 0 Å². The Kier molecular flexibility index (Phi) is 3.82. The van der Waals surface area contributed by atoms with Gasteiger partial charge in [0.15, 0.2) is 0 Å². The van der Waals surface area contributed by atoms with Crippen LogP contribution in [-0.4, -0.2) is 28.0 Å². The fourth-order valence-corrected chi connectivity index (χ4v) is 2.06. The van der Waals surface area contributed by atoms with Crippen molar-refractivity contribution < 1.29 is 9.53 Å². The van der Waals surface area contributed by atoms with Crippen LogP contribution < -0.4 is 10.1 Å². The number of carbonyl (C=O) groups excluding carboxylic acids is 1. The summed E-state index contributed by atoms with van der Waals surface area (Å²) in [6.07, 6.45) is 5.03. The van der Waals surface area contributed by atoms with Crippen molar-refractivity contribution in [2.45, 2.75) is 0 Å². The van der Waals surface area contributed by atoms with Crippen molar-refractivity contribution in [2.75, 3.05) is 12.4 Å². The van der Waals surface area contributed by atoms with Gasteiger partial charge in [0.25, 0.3) is 5.91 Å². The number of pyridine rings is 1. The van der Waals surface area contributed by atoms with Gasteiger partial charge >= 0.3 is 0 Å². The molecule has 110 valence electrons. The van der Waals surface area contributed by atoms with Gasteiger partial charge in [-0.25, -0.2) is 9.97 Å². The topological polar surface area (TPSA) is 79.9 Å². The summed E-state index contributed by atoms with van der Waals surface area (Å²) in [5.41, 5.74) is 2.02. The van der Waals surface area contributed by atoms with Crippen LogP contribution in [0.25, 0.3) is 11.4 Å². The first-order valence-electron chi connectivity index (χ1n) is 6.68. The van der Waals surface area contributed by atoms with Gasteiger partial charge < -0.3 is 15.0 Å². The zero-order valence-corrected chi connectivity index (χ0v) is 11.9. The van der Waals surface area contributed by atoms with Crippen LogP contribution in [0.2, 0.25) is 0 Å². The van der Waals surface area contributed by atoms with Crippen molar-refractivity contribution >= 4 is 11.6 Å². The number of amides is 1. The van der Waals surface area contributed by atoms with Gasteiger partial charge in [-0.15, -0.1) is 0 Å². The molecule has 0 aliphatic carbocycles. The van der Waals surface area contributed by atoms with E-state index in [9.17, 15) is 4.79 Å². The summed E-state index contributed by atoms with van der Waals surface area (Å²) < 4.78 is 5.09. The molecule has 3 rings (SSSR count). The molecule has 0 saturated heterocycles. The van der Waals surface area contributed by atoms with Crippen LogP contribution in [0.3, 0.4) is 0 Å². The minimum absolute atomic E-state index is 0.268. The minimum atomic E-state index is -0.268. The van der Waals surface area contributed by atoms with E-state index >= 15 is 0 Å². The standard InChI is InChI=1S/C16H14N4O2/c1-22-16-13(3-2-8-19-16)15(21)20-12-6-4-11(5-7-12)14-17-9-10-18-14/h2-10H,1H3,(H,17,18)(H,20,21). The van der Waals surface area contributed by atoms with Crippen molar-refractivity contribution in [2.24, 2.45) is 0 Å². The molecule has 3 aromatic rings. The van der Waals surface area contributed by atoms with E-state index in [0.717, 1.165) is 11.4 Å². The number of ether oxygens (including phenoxy) is 1. The van der Waals surface area contributed by atoms with Gasteiger partial charge in [-0.1, -0.05) is 0 Å². The van der Waals surface area contributed by atoms with Crippen molar-refractivity contribution in [3.63, 3.8) is 0 Å². The van der Waals surface area contributed by atoms with E-state index in [1.54, 1.807) is 30.7 Å². The molecule has 0 aliphatic rings. The number of H-pyrrole nitrogens is 1. The third-order valence-electron chi connectivity index (χ3n) is 3.12. The van der Waals surface area contributed by atoms with Crippen LogP contribution in [0.15, 0.2) is 55.0 Å².